The van der Waals surface area contributed by atoms with Crippen LogP contribution in [0.4, 0.5) is 13.2 Å². The second kappa shape index (κ2) is 3.93. The van der Waals surface area contributed by atoms with Gasteiger partial charge in [0.05, 0.1) is 0 Å². The Labute approximate surface area is 62.1 Å². The number of hydrogen-bond acceptors (Lipinski definition) is 3. The van der Waals surface area contributed by atoms with Crippen LogP contribution in [0, 0.1) is 0 Å². The van der Waals surface area contributed by atoms with Crippen molar-refractivity contribution in [2.24, 2.45) is 4.36 Å². The van der Waals surface area contributed by atoms with Gasteiger partial charge in [-0.2, -0.15) is 8.42 Å². The van der Waals surface area contributed by atoms with Crippen molar-refractivity contribution in [3.63, 3.8) is 0 Å². The summed E-state index contributed by atoms with van der Waals surface area (Å²) in [6, 6.07) is 0. The number of nitrogens with zero attached hydrogens (tertiary/aromatic N) is 1. The van der Waals surface area contributed by atoms with E-state index in [2.05, 4.69) is 0 Å². The molecule has 0 bridgehead atoms. The number of halogens is 3. The molecule has 50 valence electrons. The van der Waals surface area contributed by atoms with Gasteiger partial charge >= 0.3 is 35.7 Å². The van der Waals surface area contributed by atoms with Gasteiger partial charge in [-0.1, -0.05) is 4.36 Å². The fraction of sp³-hybridized carbons (Fsp3) is 1.00. The molecule has 0 atom stereocenters. The van der Waals surface area contributed by atoms with Gasteiger partial charge in [0, 0.05) is 0 Å². The van der Waals surface area contributed by atoms with E-state index in [0.29, 0.717) is 0 Å². The Bertz CT molecular complexity index is 184. The van der Waals surface area contributed by atoms with E-state index in [1.807, 2.05) is 0 Å². The fourth-order valence-electron chi connectivity index (χ4n) is 0.0845. The Morgan fingerprint density at radius 3 is 1.56 bits per heavy atom. The maximum absolute atomic E-state index is 10.7. The number of rotatable bonds is 0. The third-order valence-corrected chi connectivity index (χ3v) is 0.534. The Hall–Kier alpha value is 0.00740. The van der Waals surface area contributed by atoms with Gasteiger partial charge in [0.1, 0.15) is 0 Å². The molecule has 0 N–H and O–H groups in total. The Morgan fingerprint density at radius 1 is 1.22 bits per heavy atom. The van der Waals surface area contributed by atoms with Gasteiger partial charge in [0.25, 0.3) is 0 Å². The molecular weight excluding hydrogens is 154 g/mol. The van der Waals surface area contributed by atoms with Gasteiger partial charge in [-0.15, -0.1) is 13.2 Å². The molecule has 0 saturated heterocycles. The summed E-state index contributed by atoms with van der Waals surface area (Å²) in [6.07, 6.45) is -4.97. The fourth-order valence-corrected chi connectivity index (χ4v) is 0.254. The van der Waals surface area contributed by atoms with Gasteiger partial charge in [-0.25, -0.2) is 0 Å². The minimum atomic E-state index is -4.97. The molecule has 0 aromatic carbocycles. The zero-order valence-corrected chi connectivity index (χ0v) is 4.12. The first-order valence-corrected chi connectivity index (χ1v) is 2.34. The number of hydrogen-bond donors (Lipinski definition) is 0. The van der Waals surface area contributed by atoms with Crippen LogP contribution in [0.1, 0.15) is 0 Å². The Balaban J connectivity index is 0. The van der Waals surface area contributed by atoms with Crippen LogP contribution in [0.25, 0.3) is 0 Å². The molecule has 0 rings (SSSR count). The van der Waals surface area contributed by atoms with E-state index in [1.165, 1.54) is 4.36 Å². The average molecular weight is 155 g/mol. The van der Waals surface area contributed by atoms with Crippen molar-refractivity contribution >= 4 is 29.4 Å². The Morgan fingerprint density at radius 2 is 1.56 bits per heavy atom. The second-order valence-corrected chi connectivity index (χ2v) is 1.39. The molecule has 0 heterocycles. The van der Waals surface area contributed by atoms with Crippen molar-refractivity contribution in [2.75, 3.05) is 0 Å². The van der Waals surface area contributed by atoms with Gasteiger partial charge in [-0.3, -0.25) is 0 Å². The van der Waals surface area contributed by atoms with Crippen LogP contribution in [0.3, 0.4) is 0 Å². The first-order chi connectivity index (χ1) is 3.42. The molecule has 0 amide bonds. The first-order valence-electron chi connectivity index (χ1n) is 1.31. The van der Waals surface area contributed by atoms with Crippen LogP contribution < -0.4 is 0 Å². The van der Waals surface area contributed by atoms with E-state index < -0.39 is 16.8 Å². The van der Waals surface area contributed by atoms with E-state index in [1.54, 1.807) is 0 Å². The average Bonchev–Trinajstić information content (AvgIpc) is 1.21. The molecule has 0 spiro atoms. The molecule has 0 saturated carbocycles. The van der Waals surface area contributed by atoms with Crippen LogP contribution >= 0.6 is 0 Å². The third-order valence-electron chi connectivity index (χ3n) is 0.178. The normalized spacial score (nSPS) is 9.67. The molecule has 0 radical (unpaired) electrons. The first kappa shape index (κ1) is 11.8. The predicted octanol–water partition coefficient (Wildman–Crippen LogP) is -0.0796. The summed E-state index contributed by atoms with van der Waals surface area (Å²) in [5.41, 5.74) is 0. The van der Waals surface area contributed by atoms with Gasteiger partial charge < -0.3 is 0 Å². The van der Waals surface area contributed by atoms with Crippen molar-refractivity contribution < 1.29 is 21.6 Å². The predicted molar refractivity (Wildman–Crippen MR) is 24.6 cm³/mol. The molecule has 8 heteroatoms. The standard InChI is InChI=1S/CF3NO2S.Li.H/c2-1(3,4)5-8(6)7;;. The van der Waals surface area contributed by atoms with Crippen LogP contribution in [0.15, 0.2) is 4.36 Å². The zero-order valence-electron chi connectivity index (χ0n) is 3.31. The van der Waals surface area contributed by atoms with Crippen molar-refractivity contribution in [1.29, 1.82) is 0 Å². The summed E-state index contributed by atoms with van der Waals surface area (Å²) in [5, 5.41) is 0. The summed E-state index contributed by atoms with van der Waals surface area (Å²) in [4.78, 5) is 0. The molecule has 0 aliphatic carbocycles. The van der Waals surface area contributed by atoms with Crippen molar-refractivity contribution in [2.45, 2.75) is 6.30 Å². The van der Waals surface area contributed by atoms with Crippen LogP contribution in [-0.2, 0) is 10.5 Å². The summed E-state index contributed by atoms with van der Waals surface area (Å²) in [7, 11) is -3.39. The van der Waals surface area contributed by atoms with E-state index in [9.17, 15) is 13.2 Å². The third kappa shape index (κ3) is 11.5. The van der Waals surface area contributed by atoms with Crippen LogP contribution in [-0.4, -0.2) is 33.6 Å². The topological polar surface area (TPSA) is 46.5 Å². The molecule has 3 nitrogen and oxygen atoms in total. The molecule has 0 aliphatic heterocycles. The molecule has 0 aliphatic rings. The van der Waals surface area contributed by atoms with Gasteiger partial charge in [0.15, 0.2) is 0 Å². The molecule has 9 heavy (non-hydrogen) atoms. The SMILES string of the molecule is O=S(=O)=NC(F)(F)F.[LiH]. The van der Waals surface area contributed by atoms with E-state index in [0.717, 1.165) is 0 Å². The van der Waals surface area contributed by atoms with E-state index in [-0.39, 0.29) is 18.9 Å². The molecule has 0 unspecified atom stereocenters. The van der Waals surface area contributed by atoms with Crippen molar-refractivity contribution in [3.8, 4) is 0 Å². The summed E-state index contributed by atoms with van der Waals surface area (Å²) < 4.78 is 51.8. The van der Waals surface area contributed by atoms with Crippen molar-refractivity contribution in [3.05, 3.63) is 0 Å². The molecule has 0 aromatic rings. The quantitative estimate of drug-likeness (QED) is 0.362. The zero-order chi connectivity index (χ0) is 6.78. The Kier molecular flexibility index (Phi) is 5.13. The summed E-state index contributed by atoms with van der Waals surface area (Å²) in [6.45, 7) is 0. The van der Waals surface area contributed by atoms with Gasteiger partial charge in [-0.05, 0) is 0 Å². The second-order valence-electron chi connectivity index (χ2n) is 0.776. The minimum absolute atomic E-state index is 0. The van der Waals surface area contributed by atoms with Crippen molar-refractivity contribution in [1.82, 2.24) is 0 Å². The van der Waals surface area contributed by atoms with E-state index >= 15 is 0 Å². The monoisotopic (exact) mass is 155 g/mol. The van der Waals surface area contributed by atoms with E-state index in [4.69, 9.17) is 8.42 Å². The molecule has 0 fully saturated rings. The molecule has 0 aromatic heterocycles. The molecular formula is CHF3LiNO2S. The summed E-state index contributed by atoms with van der Waals surface area (Å²) in [5.74, 6) is 0. The van der Waals surface area contributed by atoms with Crippen LogP contribution in [0.5, 0.6) is 0 Å². The van der Waals surface area contributed by atoms with Crippen LogP contribution in [0.2, 0.25) is 0 Å². The number of alkyl halides is 3. The maximum atomic E-state index is 10.7. The summed E-state index contributed by atoms with van der Waals surface area (Å²) >= 11 is 0. The van der Waals surface area contributed by atoms with Gasteiger partial charge in [0.2, 0.25) is 0 Å².